The molecule has 2 amide bonds. The molecule has 7 heteroatoms. The first-order chi connectivity index (χ1) is 8.58. The molecule has 0 aliphatic heterocycles. The largest absolute Gasteiger partial charge is 0.479 e. The molecule has 1 aromatic carbocycles. The molecule has 18 heavy (non-hydrogen) atoms. The summed E-state index contributed by atoms with van der Waals surface area (Å²) < 4.78 is 9.80. The van der Waals surface area contributed by atoms with E-state index >= 15 is 0 Å². The summed E-state index contributed by atoms with van der Waals surface area (Å²) in [5.74, 6) is 0.0808. The molecule has 1 rings (SSSR count). The van der Waals surface area contributed by atoms with Gasteiger partial charge in [0.15, 0.2) is 0 Å². The Hall–Kier alpha value is -2.28. The summed E-state index contributed by atoms with van der Waals surface area (Å²) >= 11 is 0. The predicted octanol–water partition coefficient (Wildman–Crippen LogP) is -0.136. The van der Waals surface area contributed by atoms with Gasteiger partial charge in [-0.3, -0.25) is 10.5 Å². The van der Waals surface area contributed by atoms with Crippen molar-refractivity contribution in [2.45, 2.75) is 6.10 Å². The van der Waals surface area contributed by atoms with Crippen LogP contribution >= 0.6 is 0 Å². The normalized spacial score (nSPS) is 11.4. The Balaban J connectivity index is 2.90. The van der Waals surface area contributed by atoms with Crippen molar-refractivity contribution in [2.24, 2.45) is 11.5 Å². The van der Waals surface area contributed by atoms with Crippen molar-refractivity contribution in [3.63, 3.8) is 0 Å². The van der Waals surface area contributed by atoms with Crippen molar-refractivity contribution in [1.82, 2.24) is 5.32 Å². The minimum Gasteiger partial charge on any atom is -0.479 e. The van der Waals surface area contributed by atoms with Crippen molar-refractivity contribution in [1.29, 1.82) is 0 Å². The van der Waals surface area contributed by atoms with E-state index in [0.29, 0.717) is 11.3 Å². The summed E-state index contributed by atoms with van der Waals surface area (Å²) in [6.07, 6.45) is -2.11. The smallest absolute Gasteiger partial charge is 0.405 e. The first-order valence-corrected chi connectivity index (χ1v) is 5.19. The fraction of sp³-hybridized carbons (Fsp3) is 0.273. The molecule has 0 saturated carbocycles. The van der Waals surface area contributed by atoms with Gasteiger partial charge in [-0.2, -0.15) is 0 Å². The zero-order valence-electron chi connectivity index (χ0n) is 9.88. The van der Waals surface area contributed by atoms with E-state index in [-0.39, 0.29) is 6.73 Å². The molecule has 0 saturated heterocycles. The average Bonchev–Trinajstić information content (AvgIpc) is 2.36. The van der Waals surface area contributed by atoms with Crippen LogP contribution in [0.1, 0.15) is 11.7 Å². The maximum absolute atomic E-state index is 11.6. The van der Waals surface area contributed by atoms with Crippen LogP contribution in [0.5, 0.6) is 5.75 Å². The van der Waals surface area contributed by atoms with Crippen molar-refractivity contribution >= 4 is 12.0 Å². The van der Waals surface area contributed by atoms with E-state index in [4.69, 9.17) is 20.9 Å². The first kappa shape index (κ1) is 13.8. The lowest BCUT2D eigenvalue weighted by Gasteiger charge is -2.15. The summed E-state index contributed by atoms with van der Waals surface area (Å²) in [6.45, 7) is 0.0516. The second kappa shape index (κ2) is 6.45. The quantitative estimate of drug-likeness (QED) is 0.632. The van der Waals surface area contributed by atoms with Gasteiger partial charge in [0.1, 0.15) is 12.5 Å². The third kappa shape index (κ3) is 3.63. The van der Waals surface area contributed by atoms with Crippen molar-refractivity contribution < 1.29 is 19.1 Å². The van der Waals surface area contributed by atoms with Crippen LogP contribution in [0, 0.1) is 0 Å². The van der Waals surface area contributed by atoms with E-state index in [9.17, 15) is 9.59 Å². The van der Waals surface area contributed by atoms with Crippen LogP contribution in [0.25, 0.3) is 0 Å². The fourth-order valence-electron chi connectivity index (χ4n) is 1.36. The Kier molecular flexibility index (Phi) is 4.94. The predicted molar refractivity (Wildman–Crippen MR) is 63.6 cm³/mol. The number of rotatable bonds is 5. The Morgan fingerprint density at radius 3 is 2.39 bits per heavy atom. The molecular weight excluding hydrogens is 238 g/mol. The fourth-order valence-corrected chi connectivity index (χ4v) is 1.36. The van der Waals surface area contributed by atoms with Gasteiger partial charge in [-0.15, -0.1) is 0 Å². The third-order valence-electron chi connectivity index (χ3n) is 2.15. The summed E-state index contributed by atoms with van der Waals surface area (Å²) in [7, 11) is 1.44. The highest BCUT2D eigenvalue weighted by Crippen LogP contribution is 2.21. The van der Waals surface area contributed by atoms with Crippen LogP contribution in [0.15, 0.2) is 24.3 Å². The summed E-state index contributed by atoms with van der Waals surface area (Å²) in [4.78, 5) is 22.3. The van der Waals surface area contributed by atoms with Gasteiger partial charge in [0.2, 0.25) is 6.10 Å². The number of ether oxygens (including phenoxy) is 2. The van der Waals surface area contributed by atoms with E-state index in [0.717, 1.165) is 0 Å². The second-order valence-corrected chi connectivity index (χ2v) is 3.31. The molecule has 0 aliphatic rings. The molecule has 0 spiro atoms. The molecule has 7 nitrogen and oxygen atoms in total. The van der Waals surface area contributed by atoms with Gasteiger partial charge in [-0.25, -0.2) is 4.79 Å². The number of carbonyl (C=O) groups excluding carboxylic acids is 2. The number of benzene rings is 1. The molecule has 0 bridgehead atoms. The highest BCUT2D eigenvalue weighted by atomic mass is 16.6. The Labute approximate surface area is 104 Å². The van der Waals surface area contributed by atoms with Gasteiger partial charge in [-0.05, 0) is 12.1 Å². The molecule has 1 atom stereocenters. The zero-order chi connectivity index (χ0) is 13.5. The van der Waals surface area contributed by atoms with Crippen molar-refractivity contribution in [3.05, 3.63) is 29.8 Å². The lowest BCUT2D eigenvalue weighted by molar-refractivity contribution is -0.129. The molecule has 0 aromatic heterocycles. The van der Waals surface area contributed by atoms with Gasteiger partial charge < -0.3 is 20.5 Å². The van der Waals surface area contributed by atoms with Crippen molar-refractivity contribution in [2.75, 3.05) is 13.8 Å². The van der Waals surface area contributed by atoms with Gasteiger partial charge >= 0.3 is 6.09 Å². The van der Waals surface area contributed by atoms with Gasteiger partial charge in [0.25, 0.3) is 5.91 Å². The topological polar surface area (TPSA) is 117 Å². The standard InChI is InChI=1S/C11H15N3O4/c1-14-10(15)9(18-11(13)16)7-2-4-8(5-3-7)17-6-12/h2-5,9H,6,12H2,1H3,(H2,13,16)(H,14,15). The van der Waals surface area contributed by atoms with E-state index in [1.807, 2.05) is 0 Å². The van der Waals surface area contributed by atoms with Crippen LogP contribution < -0.4 is 21.5 Å². The van der Waals surface area contributed by atoms with Gasteiger partial charge in [0, 0.05) is 12.6 Å². The number of primary amides is 1. The summed E-state index contributed by atoms with van der Waals surface area (Å²) in [5.41, 5.74) is 10.6. The number of amides is 2. The van der Waals surface area contributed by atoms with Gasteiger partial charge in [-0.1, -0.05) is 12.1 Å². The number of hydrogen-bond acceptors (Lipinski definition) is 5. The van der Waals surface area contributed by atoms with E-state index in [1.54, 1.807) is 24.3 Å². The summed E-state index contributed by atoms with van der Waals surface area (Å²) in [5, 5.41) is 2.39. The average molecular weight is 253 g/mol. The number of hydrogen-bond donors (Lipinski definition) is 3. The monoisotopic (exact) mass is 253 g/mol. The molecular formula is C11H15N3O4. The number of likely N-dealkylation sites (N-methyl/N-ethyl adjacent to an activating group) is 1. The highest BCUT2D eigenvalue weighted by molar-refractivity contribution is 5.84. The van der Waals surface area contributed by atoms with Gasteiger partial charge in [0.05, 0.1) is 0 Å². The highest BCUT2D eigenvalue weighted by Gasteiger charge is 2.22. The van der Waals surface area contributed by atoms with Crippen LogP contribution in [0.4, 0.5) is 4.79 Å². The van der Waals surface area contributed by atoms with E-state index in [2.05, 4.69) is 5.32 Å². The lowest BCUT2D eigenvalue weighted by Crippen LogP contribution is -2.31. The Morgan fingerprint density at radius 1 is 1.33 bits per heavy atom. The van der Waals surface area contributed by atoms with Crippen molar-refractivity contribution in [3.8, 4) is 5.75 Å². The lowest BCUT2D eigenvalue weighted by atomic mass is 10.1. The molecule has 0 radical (unpaired) electrons. The maximum atomic E-state index is 11.6. The molecule has 5 N–H and O–H groups in total. The van der Waals surface area contributed by atoms with E-state index in [1.165, 1.54) is 7.05 Å². The van der Waals surface area contributed by atoms with Crippen LogP contribution in [0.3, 0.4) is 0 Å². The van der Waals surface area contributed by atoms with Crippen LogP contribution in [-0.2, 0) is 9.53 Å². The molecule has 0 aliphatic carbocycles. The summed E-state index contributed by atoms with van der Waals surface area (Å²) in [6, 6.07) is 6.41. The molecule has 98 valence electrons. The number of nitrogens with one attached hydrogen (secondary N) is 1. The molecule has 0 heterocycles. The second-order valence-electron chi connectivity index (χ2n) is 3.31. The Morgan fingerprint density at radius 2 is 1.94 bits per heavy atom. The number of nitrogens with two attached hydrogens (primary N) is 2. The Bertz CT molecular complexity index is 419. The molecule has 1 unspecified atom stereocenters. The minimum absolute atomic E-state index is 0.0516. The number of carbonyl (C=O) groups is 2. The molecule has 0 fully saturated rings. The van der Waals surface area contributed by atoms with Crippen LogP contribution in [-0.4, -0.2) is 25.8 Å². The van der Waals surface area contributed by atoms with E-state index < -0.39 is 18.1 Å². The minimum atomic E-state index is -1.08. The maximum Gasteiger partial charge on any atom is 0.405 e. The van der Waals surface area contributed by atoms with Crippen LogP contribution in [0.2, 0.25) is 0 Å². The SMILES string of the molecule is CNC(=O)C(OC(N)=O)c1ccc(OCN)cc1. The first-order valence-electron chi connectivity index (χ1n) is 5.19. The molecule has 1 aromatic rings. The zero-order valence-corrected chi connectivity index (χ0v) is 9.88. The third-order valence-corrected chi connectivity index (χ3v) is 2.15.